The van der Waals surface area contributed by atoms with Gasteiger partial charge in [0.05, 0.1) is 22.8 Å². The molecule has 5 nitrogen and oxygen atoms in total. The molecule has 1 atom stereocenters. The fourth-order valence-electron chi connectivity index (χ4n) is 1.08. The fraction of sp³-hybridized carbons (Fsp3) is 0.222. The fourth-order valence-corrected chi connectivity index (χ4v) is 2.08. The van der Waals surface area contributed by atoms with Crippen LogP contribution in [0, 0.1) is 0 Å². The van der Waals surface area contributed by atoms with Gasteiger partial charge in [-0.1, -0.05) is 0 Å². The zero-order chi connectivity index (χ0) is 11.4. The van der Waals surface area contributed by atoms with Crippen LogP contribution in [0.15, 0.2) is 23.1 Å². The molecule has 0 aliphatic rings. The highest BCUT2D eigenvalue weighted by Gasteiger charge is 2.12. The lowest BCUT2D eigenvalue weighted by molar-refractivity contribution is -0.115. The molecule has 6 heteroatoms. The molecule has 0 fully saturated rings. The number of benzene rings is 1. The quantitative estimate of drug-likeness (QED) is 0.702. The molecule has 0 aliphatic carbocycles. The van der Waals surface area contributed by atoms with Crippen molar-refractivity contribution in [1.29, 1.82) is 0 Å². The van der Waals surface area contributed by atoms with Gasteiger partial charge >= 0.3 is 0 Å². The molecule has 1 aromatic carbocycles. The molecule has 0 radical (unpaired) electrons. The first kappa shape index (κ1) is 11.5. The molecule has 15 heavy (non-hydrogen) atoms. The maximum atomic E-state index is 11.6. The summed E-state index contributed by atoms with van der Waals surface area (Å²) in [4.78, 5) is 11.0. The molecule has 0 aliphatic heterocycles. The van der Waals surface area contributed by atoms with E-state index in [1.54, 1.807) is 18.2 Å². The second-order valence-electron chi connectivity index (χ2n) is 2.87. The second-order valence-corrected chi connectivity index (χ2v) is 4.29. The van der Waals surface area contributed by atoms with Crippen molar-refractivity contribution in [3.05, 3.63) is 18.2 Å². The van der Waals surface area contributed by atoms with Crippen LogP contribution in [0.2, 0.25) is 0 Å². The Labute approximate surface area is 89.9 Å². The van der Waals surface area contributed by atoms with E-state index >= 15 is 0 Å². The van der Waals surface area contributed by atoms with Gasteiger partial charge in [0.25, 0.3) is 0 Å². The van der Waals surface area contributed by atoms with Crippen LogP contribution in [0.5, 0.6) is 5.75 Å². The molecular weight excluding hydrogens is 216 g/mol. The Morgan fingerprint density at radius 1 is 1.53 bits per heavy atom. The normalized spacial score (nSPS) is 12.1. The predicted molar refractivity (Wildman–Crippen MR) is 57.9 cm³/mol. The van der Waals surface area contributed by atoms with Gasteiger partial charge in [-0.05, 0) is 12.1 Å². The number of primary amides is 1. The molecule has 0 aromatic heterocycles. The van der Waals surface area contributed by atoms with E-state index in [0.717, 1.165) is 0 Å². The summed E-state index contributed by atoms with van der Waals surface area (Å²) in [5, 5.41) is 0. The smallest absolute Gasteiger partial charge is 0.230 e. The van der Waals surface area contributed by atoms with Crippen LogP contribution in [-0.4, -0.2) is 23.0 Å². The third-order valence-corrected chi connectivity index (χ3v) is 3.08. The van der Waals surface area contributed by atoms with E-state index in [1.807, 2.05) is 0 Å². The van der Waals surface area contributed by atoms with E-state index in [9.17, 15) is 9.00 Å². The van der Waals surface area contributed by atoms with Gasteiger partial charge in [0.15, 0.2) is 0 Å². The van der Waals surface area contributed by atoms with Crippen molar-refractivity contribution in [2.75, 3.05) is 18.6 Å². The minimum atomic E-state index is -1.49. The second kappa shape index (κ2) is 4.79. The summed E-state index contributed by atoms with van der Waals surface area (Å²) in [5.41, 5.74) is 11.0. The van der Waals surface area contributed by atoms with Crippen molar-refractivity contribution in [3.63, 3.8) is 0 Å². The lowest BCUT2D eigenvalue weighted by Gasteiger charge is -2.07. The number of amides is 1. The van der Waals surface area contributed by atoms with Crippen LogP contribution in [0.4, 0.5) is 5.69 Å². The summed E-state index contributed by atoms with van der Waals surface area (Å²) >= 11 is 0. The number of rotatable bonds is 4. The first-order chi connectivity index (χ1) is 7.04. The maximum Gasteiger partial charge on any atom is 0.230 e. The summed E-state index contributed by atoms with van der Waals surface area (Å²) < 4.78 is 16.6. The van der Waals surface area contributed by atoms with E-state index < -0.39 is 16.7 Å². The Morgan fingerprint density at radius 2 is 2.20 bits per heavy atom. The van der Waals surface area contributed by atoms with Crippen molar-refractivity contribution in [3.8, 4) is 5.75 Å². The molecule has 4 N–H and O–H groups in total. The van der Waals surface area contributed by atoms with Crippen LogP contribution < -0.4 is 16.2 Å². The average Bonchev–Trinajstić information content (AvgIpc) is 2.16. The summed E-state index contributed by atoms with van der Waals surface area (Å²) in [6.07, 6.45) is 0. The average molecular weight is 228 g/mol. The number of nitrogen functional groups attached to an aromatic ring is 1. The van der Waals surface area contributed by atoms with Crippen LogP contribution >= 0.6 is 0 Å². The Bertz CT molecular complexity index is 406. The minimum Gasteiger partial charge on any atom is -0.495 e. The maximum absolute atomic E-state index is 11.6. The van der Waals surface area contributed by atoms with Crippen molar-refractivity contribution in [2.45, 2.75) is 4.90 Å². The van der Waals surface area contributed by atoms with Gasteiger partial charge in [0.1, 0.15) is 11.5 Å². The molecule has 0 saturated heterocycles. The van der Waals surface area contributed by atoms with Gasteiger partial charge in [0.2, 0.25) is 5.91 Å². The van der Waals surface area contributed by atoms with Gasteiger partial charge in [-0.15, -0.1) is 0 Å². The molecule has 0 bridgehead atoms. The topological polar surface area (TPSA) is 95.4 Å². The first-order valence-electron chi connectivity index (χ1n) is 4.14. The summed E-state index contributed by atoms with van der Waals surface area (Å²) in [5.74, 6) is -0.443. The number of carbonyl (C=O) groups excluding carboxylic acids is 1. The number of nitrogens with two attached hydrogens (primary N) is 2. The zero-order valence-electron chi connectivity index (χ0n) is 8.23. The van der Waals surface area contributed by atoms with Crippen molar-refractivity contribution >= 4 is 22.4 Å². The van der Waals surface area contributed by atoms with Gasteiger partial charge in [-0.3, -0.25) is 9.00 Å². The molecule has 1 rings (SSSR count). The van der Waals surface area contributed by atoms with Gasteiger partial charge in [-0.2, -0.15) is 0 Å². The summed E-state index contributed by atoms with van der Waals surface area (Å²) in [6, 6.07) is 4.71. The van der Waals surface area contributed by atoms with Crippen LogP contribution in [0.3, 0.4) is 0 Å². The number of hydrogen-bond acceptors (Lipinski definition) is 4. The predicted octanol–water partition coefficient (Wildman–Crippen LogP) is -0.130. The van der Waals surface area contributed by atoms with E-state index in [4.69, 9.17) is 16.2 Å². The molecule has 0 spiro atoms. The van der Waals surface area contributed by atoms with Crippen molar-refractivity contribution < 1.29 is 13.7 Å². The number of methoxy groups -OCH3 is 1. The largest absolute Gasteiger partial charge is 0.495 e. The minimum absolute atomic E-state index is 0.222. The Hall–Kier alpha value is -1.56. The summed E-state index contributed by atoms with van der Waals surface area (Å²) in [6.45, 7) is 0. The molecule has 1 amide bonds. The summed E-state index contributed by atoms with van der Waals surface area (Å²) in [7, 11) is -0.0441. The van der Waals surface area contributed by atoms with E-state index in [0.29, 0.717) is 16.3 Å². The number of ether oxygens (including phenoxy) is 1. The van der Waals surface area contributed by atoms with Gasteiger partial charge < -0.3 is 16.2 Å². The molecule has 0 saturated carbocycles. The standard InChI is InChI=1S/C9H12N2O3S/c1-14-7-4-6(10)2-3-8(7)15(13)5-9(11)12/h2-4H,5,10H2,1H3,(H2,11,12). The van der Waals surface area contributed by atoms with E-state index in [-0.39, 0.29) is 5.75 Å². The zero-order valence-corrected chi connectivity index (χ0v) is 9.04. The monoisotopic (exact) mass is 228 g/mol. The van der Waals surface area contributed by atoms with Gasteiger partial charge in [-0.25, -0.2) is 0 Å². The molecule has 0 heterocycles. The van der Waals surface area contributed by atoms with Crippen molar-refractivity contribution in [1.82, 2.24) is 0 Å². The molecule has 82 valence electrons. The SMILES string of the molecule is COc1cc(N)ccc1S(=O)CC(N)=O. The number of carbonyl (C=O) groups is 1. The lowest BCUT2D eigenvalue weighted by atomic mass is 10.3. The highest BCUT2D eigenvalue weighted by molar-refractivity contribution is 7.85. The number of hydrogen-bond donors (Lipinski definition) is 2. The third kappa shape index (κ3) is 2.95. The van der Waals surface area contributed by atoms with Gasteiger partial charge in [0, 0.05) is 11.8 Å². The van der Waals surface area contributed by atoms with Crippen LogP contribution in [0.25, 0.3) is 0 Å². The Morgan fingerprint density at radius 3 is 2.73 bits per heavy atom. The van der Waals surface area contributed by atoms with Crippen LogP contribution in [-0.2, 0) is 15.6 Å². The van der Waals surface area contributed by atoms with E-state index in [2.05, 4.69) is 0 Å². The Balaban J connectivity index is 3.02. The lowest BCUT2D eigenvalue weighted by Crippen LogP contribution is -2.19. The van der Waals surface area contributed by atoms with Crippen molar-refractivity contribution in [2.24, 2.45) is 5.73 Å². The highest BCUT2D eigenvalue weighted by atomic mass is 32.2. The molecule has 1 aromatic rings. The molecular formula is C9H12N2O3S. The Kier molecular flexibility index (Phi) is 3.68. The molecule has 1 unspecified atom stereocenters. The highest BCUT2D eigenvalue weighted by Crippen LogP contribution is 2.24. The van der Waals surface area contributed by atoms with Crippen LogP contribution in [0.1, 0.15) is 0 Å². The first-order valence-corrected chi connectivity index (χ1v) is 5.46. The van der Waals surface area contributed by atoms with E-state index in [1.165, 1.54) is 7.11 Å². The third-order valence-electron chi connectivity index (χ3n) is 1.71. The number of anilines is 1.